The first-order valence-corrected chi connectivity index (χ1v) is 7.72. The van der Waals surface area contributed by atoms with E-state index in [1.165, 1.54) is 17.4 Å². The monoisotopic (exact) mass is 340 g/mol. The third-order valence-electron chi connectivity index (χ3n) is 2.98. The number of carbonyl (C=O) groups is 1. The maximum absolute atomic E-state index is 12.5. The van der Waals surface area contributed by atoms with Gasteiger partial charge >= 0.3 is 6.18 Å². The predicted octanol–water partition coefficient (Wildman–Crippen LogP) is 3.93. The van der Waals surface area contributed by atoms with Crippen LogP contribution < -0.4 is 0 Å². The number of alkyl halides is 3. The van der Waals surface area contributed by atoms with Gasteiger partial charge in [0.15, 0.2) is 0 Å². The molecular weight excluding hydrogens is 325 g/mol. The van der Waals surface area contributed by atoms with E-state index >= 15 is 0 Å². The molecule has 0 aliphatic heterocycles. The molecular formula is C16H15F3N2OS. The molecule has 1 amide bonds. The molecule has 7 heteroatoms. The van der Waals surface area contributed by atoms with Gasteiger partial charge in [0.1, 0.15) is 11.6 Å². The molecule has 2 rings (SSSR count). The summed E-state index contributed by atoms with van der Waals surface area (Å²) in [7, 11) is 0. The van der Waals surface area contributed by atoms with Crippen LogP contribution in [0.2, 0.25) is 0 Å². The van der Waals surface area contributed by atoms with Crippen molar-refractivity contribution in [2.75, 3.05) is 13.1 Å². The predicted molar refractivity (Wildman–Crippen MR) is 84.1 cm³/mol. The number of halogens is 3. The summed E-state index contributed by atoms with van der Waals surface area (Å²) >= 11 is 1.36. The van der Waals surface area contributed by atoms with E-state index in [1.807, 2.05) is 30.3 Å². The Morgan fingerprint density at radius 3 is 2.61 bits per heavy atom. The third kappa shape index (κ3) is 5.21. The van der Waals surface area contributed by atoms with Crippen LogP contribution >= 0.6 is 11.3 Å². The van der Waals surface area contributed by atoms with E-state index < -0.39 is 18.6 Å². The van der Waals surface area contributed by atoms with E-state index in [4.69, 9.17) is 0 Å². The quantitative estimate of drug-likeness (QED) is 0.747. The molecule has 0 spiro atoms. The molecule has 0 saturated carbocycles. The zero-order valence-electron chi connectivity index (χ0n) is 12.2. The fraction of sp³-hybridized carbons (Fsp3) is 0.250. The van der Waals surface area contributed by atoms with Gasteiger partial charge in [0.25, 0.3) is 0 Å². The fourth-order valence-corrected chi connectivity index (χ4v) is 2.82. The highest BCUT2D eigenvalue weighted by atomic mass is 32.1. The largest absolute Gasteiger partial charge is 0.406 e. The Kier molecular flexibility index (Phi) is 5.54. The highest BCUT2D eigenvalue weighted by Gasteiger charge is 2.32. The molecule has 2 aromatic rings. The Labute approximate surface area is 136 Å². The first-order valence-electron chi connectivity index (χ1n) is 6.84. The maximum Gasteiger partial charge on any atom is 0.406 e. The molecule has 0 aliphatic rings. The van der Waals surface area contributed by atoms with E-state index in [-0.39, 0.29) is 13.0 Å². The van der Waals surface area contributed by atoms with Gasteiger partial charge in [0.05, 0.1) is 12.1 Å². The van der Waals surface area contributed by atoms with Gasteiger partial charge < -0.3 is 4.90 Å². The second-order valence-electron chi connectivity index (χ2n) is 4.86. The van der Waals surface area contributed by atoms with Crippen LogP contribution in [0.3, 0.4) is 0 Å². The molecule has 0 radical (unpaired) electrons. The Morgan fingerprint density at radius 2 is 2.00 bits per heavy atom. The van der Waals surface area contributed by atoms with Gasteiger partial charge in [-0.2, -0.15) is 13.2 Å². The van der Waals surface area contributed by atoms with Crippen molar-refractivity contribution in [2.24, 2.45) is 0 Å². The number of carbonyl (C=O) groups excluding carboxylic acids is 1. The van der Waals surface area contributed by atoms with E-state index in [0.717, 1.165) is 15.5 Å². The molecule has 3 nitrogen and oxygen atoms in total. The van der Waals surface area contributed by atoms with Crippen molar-refractivity contribution in [1.29, 1.82) is 0 Å². The lowest BCUT2D eigenvalue weighted by molar-refractivity contribution is -0.159. The molecule has 0 bridgehead atoms. The standard InChI is InChI=1S/C16H15F3N2OS/c1-2-8-21(11-16(17,18)19)14(22)9-13-10-23-15(20-13)12-6-4-3-5-7-12/h2-7,10H,1,8-9,11H2. The summed E-state index contributed by atoms with van der Waals surface area (Å²) in [6, 6.07) is 9.40. The molecule has 1 heterocycles. The summed E-state index contributed by atoms with van der Waals surface area (Å²) in [5.41, 5.74) is 1.38. The van der Waals surface area contributed by atoms with Crippen molar-refractivity contribution >= 4 is 17.2 Å². The number of nitrogens with zero attached hydrogens (tertiary/aromatic N) is 2. The van der Waals surface area contributed by atoms with Crippen molar-refractivity contribution in [3.63, 3.8) is 0 Å². The van der Waals surface area contributed by atoms with Crippen LogP contribution in [0.25, 0.3) is 10.6 Å². The number of hydrogen-bond acceptors (Lipinski definition) is 3. The van der Waals surface area contributed by atoms with Crippen molar-refractivity contribution in [3.05, 3.63) is 54.1 Å². The van der Waals surface area contributed by atoms with Gasteiger partial charge in [-0.3, -0.25) is 4.79 Å². The SMILES string of the molecule is C=CCN(CC(F)(F)F)C(=O)Cc1csc(-c2ccccc2)n1. The summed E-state index contributed by atoms with van der Waals surface area (Å²) in [5, 5.41) is 2.43. The van der Waals surface area contributed by atoms with Gasteiger partial charge in [-0.25, -0.2) is 4.98 Å². The van der Waals surface area contributed by atoms with Crippen molar-refractivity contribution < 1.29 is 18.0 Å². The average Bonchev–Trinajstić information content (AvgIpc) is 2.95. The number of thiazole rings is 1. The molecule has 0 aliphatic carbocycles. The van der Waals surface area contributed by atoms with Crippen LogP contribution in [0.1, 0.15) is 5.69 Å². The van der Waals surface area contributed by atoms with Crippen LogP contribution in [0.5, 0.6) is 0 Å². The zero-order valence-corrected chi connectivity index (χ0v) is 13.0. The molecule has 1 aromatic carbocycles. The molecule has 23 heavy (non-hydrogen) atoms. The zero-order chi connectivity index (χ0) is 16.9. The van der Waals surface area contributed by atoms with Gasteiger partial charge in [-0.1, -0.05) is 36.4 Å². The lowest BCUT2D eigenvalue weighted by Gasteiger charge is -2.22. The number of aromatic nitrogens is 1. The second kappa shape index (κ2) is 7.41. The minimum atomic E-state index is -4.43. The van der Waals surface area contributed by atoms with Gasteiger partial charge in [-0.05, 0) is 0 Å². The molecule has 0 N–H and O–H groups in total. The summed E-state index contributed by atoms with van der Waals surface area (Å²) in [5.74, 6) is -0.618. The number of amides is 1. The Bertz CT molecular complexity index is 667. The Morgan fingerprint density at radius 1 is 1.30 bits per heavy atom. The van der Waals surface area contributed by atoms with E-state index in [0.29, 0.717) is 5.69 Å². The summed E-state index contributed by atoms with van der Waals surface area (Å²) in [4.78, 5) is 17.1. The molecule has 1 aromatic heterocycles. The lowest BCUT2D eigenvalue weighted by atomic mass is 10.2. The van der Waals surface area contributed by atoms with E-state index in [2.05, 4.69) is 11.6 Å². The summed E-state index contributed by atoms with van der Waals surface area (Å²) < 4.78 is 37.5. The fourth-order valence-electron chi connectivity index (χ4n) is 2.00. The minimum absolute atomic E-state index is 0.145. The van der Waals surface area contributed by atoms with Gasteiger partial charge in [-0.15, -0.1) is 17.9 Å². The topological polar surface area (TPSA) is 33.2 Å². The normalized spacial score (nSPS) is 11.3. The highest BCUT2D eigenvalue weighted by Crippen LogP contribution is 2.24. The van der Waals surface area contributed by atoms with Crippen molar-refractivity contribution in [1.82, 2.24) is 9.88 Å². The summed E-state index contributed by atoms with van der Waals surface area (Å²) in [6.45, 7) is 1.96. The first kappa shape index (κ1) is 17.2. The third-order valence-corrected chi connectivity index (χ3v) is 3.92. The Hall–Kier alpha value is -2.15. The van der Waals surface area contributed by atoms with Crippen LogP contribution in [0, 0.1) is 0 Å². The van der Waals surface area contributed by atoms with E-state index in [1.54, 1.807) is 5.38 Å². The summed E-state index contributed by atoms with van der Waals surface area (Å²) in [6.07, 6.45) is -3.32. The first-order chi connectivity index (χ1) is 10.9. The minimum Gasteiger partial charge on any atom is -0.330 e. The highest BCUT2D eigenvalue weighted by molar-refractivity contribution is 7.13. The van der Waals surface area contributed by atoms with Crippen LogP contribution in [-0.4, -0.2) is 35.1 Å². The molecule has 0 unspecified atom stereocenters. The van der Waals surface area contributed by atoms with Gasteiger partial charge in [0, 0.05) is 17.5 Å². The smallest absolute Gasteiger partial charge is 0.330 e. The van der Waals surface area contributed by atoms with Gasteiger partial charge in [0.2, 0.25) is 5.91 Å². The molecule has 0 saturated heterocycles. The van der Waals surface area contributed by atoms with Crippen molar-refractivity contribution in [3.8, 4) is 10.6 Å². The van der Waals surface area contributed by atoms with Crippen molar-refractivity contribution in [2.45, 2.75) is 12.6 Å². The number of benzene rings is 1. The Balaban J connectivity index is 2.07. The lowest BCUT2D eigenvalue weighted by Crippen LogP contribution is -2.39. The average molecular weight is 340 g/mol. The van der Waals surface area contributed by atoms with E-state index in [9.17, 15) is 18.0 Å². The number of hydrogen-bond donors (Lipinski definition) is 0. The number of rotatable bonds is 6. The molecule has 0 fully saturated rings. The maximum atomic E-state index is 12.5. The molecule has 122 valence electrons. The van der Waals surface area contributed by atoms with Crippen LogP contribution in [0.4, 0.5) is 13.2 Å². The van der Waals surface area contributed by atoms with Crippen LogP contribution in [-0.2, 0) is 11.2 Å². The molecule has 0 atom stereocenters. The second-order valence-corrected chi connectivity index (χ2v) is 5.72. The van der Waals surface area contributed by atoms with Crippen LogP contribution in [0.15, 0.2) is 48.4 Å².